The second-order valence-electron chi connectivity index (χ2n) is 7.37. The lowest BCUT2D eigenvalue weighted by Gasteiger charge is -2.32. The van der Waals surface area contributed by atoms with E-state index in [0.717, 1.165) is 5.56 Å². The summed E-state index contributed by atoms with van der Waals surface area (Å²) >= 11 is 5.50. The lowest BCUT2D eigenvalue weighted by molar-refractivity contribution is -0.0533. The van der Waals surface area contributed by atoms with Gasteiger partial charge in [0.25, 0.3) is 0 Å². The van der Waals surface area contributed by atoms with Crippen molar-refractivity contribution in [3.8, 4) is 0 Å². The number of anilines is 1. The van der Waals surface area contributed by atoms with E-state index in [1.807, 2.05) is 12.1 Å². The molecule has 6 atom stereocenters. The first kappa shape index (κ1) is 21.7. The molecule has 3 aromatic heterocycles. The maximum Gasteiger partial charge on any atom is 0.327 e. The van der Waals surface area contributed by atoms with Crippen molar-refractivity contribution in [3.63, 3.8) is 0 Å². The van der Waals surface area contributed by atoms with Gasteiger partial charge in [-0.25, -0.2) is 15.0 Å². The first-order chi connectivity index (χ1) is 15.5. The predicted molar refractivity (Wildman–Crippen MR) is 115 cm³/mol. The second kappa shape index (κ2) is 8.69. The van der Waals surface area contributed by atoms with Crippen molar-refractivity contribution in [2.75, 3.05) is 18.9 Å². The Bertz CT molecular complexity index is 1150. The van der Waals surface area contributed by atoms with Gasteiger partial charge in [-0.3, -0.25) is 9.55 Å². The highest BCUT2D eigenvalue weighted by molar-refractivity contribution is 8.07. The molecule has 0 amide bonds. The van der Waals surface area contributed by atoms with Crippen LogP contribution < -0.4 is 5.73 Å². The topological polar surface area (TPSA) is 160 Å². The fourth-order valence-corrected chi connectivity index (χ4v) is 5.81. The van der Waals surface area contributed by atoms with Gasteiger partial charge in [0, 0.05) is 18.8 Å². The third-order valence-electron chi connectivity index (χ3n) is 5.36. The van der Waals surface area contributed by atoms with Gasteiger partial charge in [0.2, 0.25) is 0 Å². The Balaban J connectivity index is 1.28. The lowest BCUT2D eigenvalue weighted by atomic mass is 10.1. The average molecular weight is 480 g/mol. The molecule has 0 saturated carbocycles. The molecule has 170 valence electrons. The Hall–Kier alpha value is -2.09. The summed E-state index contributed by atoms with van der Waals surface area (Å²) in [7, 11) is 0. The summed E-state index contributed by atoms with van der Waals surface area (Å²) in [5.74, 6) is 0.204. The molecule has 12 nitrogen and oxygen atoms in total. The zero-order valence-electron chi connectivity index (χ0n) is 16.7. The molecule has 2 aliphatic rings. The minimum atomic E-state index is -3.08. The Morgan fingerprint density at radius 2 is 2.03 bits per heavy atom. The molecule has 2 aliphatic heterocycles. The first-order valence-corrected chi connectivity index (χ1v) is 12.4. The molecule has 0 radical (unpaired) electrons. The van der Waals surface area contributed by atoms with E-state index in [0.29, 0.717) is 24.2 Å². The molecule has 32 heavy (non-hydrogen) atoms. The molecule has 3 aromatic rings. The Morgan fingerprint density at radius 3 is 2.84 bits per heavy atom. The number of aromatic nitrogens is 5. The number of hydrogen-bond donors (Lipinski definition) is 3. The van der Waals surface area contributed by atoms with Crippen molar-refractivity contribution in [3.05, 3.63) is 42.7 Å². The third-order valence-corrected chi connectivity index (χ3v) is 7.73. The standard InChI is InChI=1S/C18H21N6O6PS/c19-16-13-17(22-8-21-16)24(9-23-13)18-15(26)14(25)12(29-18)7-28-31(32)27-6-3-11(30-31)10-1-4-20-5-2-10/h1-2,4-5,8-9,11-12,14-15,18,25-26H,3,6-7H2,(H2,19,21,22)/t11-,12-,14+,15+,18-,31?/m1/s1. The highest BCUT2D eigenvalue weighted by Gasteiger charge is 2.45. The van der Waals surface area contributed by atoms with E-state index >= 15 is 0 Å². The van der Waals surface area contributed by atoms with E-state index in [9.17, 15) is 10.2 Å². The van der Waals surface area contributed by atoms with Gasteiger partial charge in [0.15, 0.2) is 17.7 Å². The van der Waals surface area contributed by atoms with Crippen molar-refractivity contribution in [1.29, 1.82) is 0 Å². The number of aliphatic hydroxyl groups excluding tert-OH is 2. The van der Waals surface area contributed by atoms with E-state index in [2.05, 4.69) is 19.9 Å². The van der Waals surface area contributed by atoms with Crippen LogP contribution in [0.4, 0.5) is 5.82 Å². The number of aliphatic hydroxyl groups is 2. The summed E-state index contributed by atoms with van der Waals surface area (Å²) in [5.41, 5.74) is 7.50. The minimum Gasteiger partial charge on any atom is -0.387 e. The third kappa shape index (κ3) is 4.02. The molecular formula is C18H21N6O6PS. The fourth-order valence-electron chi connectivity index (χ4n) is 3.70. The number of nitrogens with zero attached hydrogens (tertiary/aromatic N) is 5. The lowest BCUT2D eigenvalue weighted by Crippen LogP contribution is -2.34. The van der Waals surface area contributed by atoms with Gasteiger partial charge < -0.3 is 34.3 Å². The summed E-state index contributed by atoms with van der Waals surface area (Å²) in [6.07, 6.45) is 2.12. The van der Waals surface area contributed by atoms with Crippen molar-refractivity contribution < 1.29 is 28.5 Å². The van der Waals surface area contributed by atoms with Crippen molar-refractivity contribution in [2.24, 2.45) is 0 Å². The number of nitrogen functional groups attached to an aromatic ring is 1. The molecule has 2 fully saturated rings. The van der Waals surface area contributed by atoms with Gasteiger partial charge in [-0.1, -0.05) is 0 Å². The predicted octanol–water partition coefficient (Wildman–Crippen LogP) is 0.842. The number of pyridine rings is 1. The van der Waals surface area contributed by atoms with Crippen LogP contribution >= 0.6 is 6.72 Å². The van der Waals surface area contributed by atoms with Crippen LogP contribution in [0.1, 0.15) is 24.3 Å². The molecule has 0 aliphatic carbocycles. The molecular weight excluding hydrogens is 459 g/mol. The van der Waals surface area contributed by atoms with Crippen LogP contribution in [0, 0.1) is 0 Å². The maximum atomic E-state index is 10.6. The summed E-state index contributed by atoms with van der Waals surface area (Å²) in [6.45, 7) is -2.82. The SMILES string of the molecule is Nc1ncnc2c1ncn2[C@@H]1O[C@H](COP2(=S)OCC[C@H](c3ccncc3)O2)[C@H](O)[C@@H]1O. The normalized spacial score (nSPS) is 33.0. The zero-order chi connectivity index (χ0) is 22.3. The van der Waals surface area contributed by atoms with Crippen molar-refractivity contribution in [2.45, 2.75) is 37.1 Å². The highest BCUT2D eigenvalue weighted by Crippen LogP contribution is 2.57. The average Bonchev–Trinajstić information content (AvgIpc) is 3.35. The van der Waals surface area contributed by atoms with Crippen LogP contribution in [0.2, 0.25) is 0 Å². The maximum absolute atomic E-state index is 10.6. The molecule has 0 bridgehead atoms. The quantitative estimate of drug-likeness (QED) is 0.442. The summed E-state index contributed by atoms with van der Waals surface area (Å²) in [6, 6.07) is 3.71. The van der Waals surface area contributed by atoms with E-state index in [1.54, 1.807) is 12.4 Å². The summed E-state index contributed by atoms with van der Waals surface area (Å²) < 4.78 is 24.8. The molecule has 0 spiro atoms. The zero-order valence-corrected chi connectivity index (χ0v) is 18.4. The largest absolute Gasteiger partial charge is 0.387 e. The Kier molecular flexibility index (Phi) is 5.90. The van der Waals surface area contributed by atoms with Gasteiger partial charge >= 0.3 is 6.72 Å². The Morgan fingerprint density at radius 1 is 1.22 bits per heavy atom. The summed E-state index contributed by atoms with van der Waals surface area (Å²) in [4.78, 5) is 16.2. The van der Waals surface area contributed by atoms with Crippen LogP contribution in [0.5, 0.6) is 0 Å². The van der Waals surface area contributed by atoms with E-state index in [1.165, 1.54) is 17.2 Å². The van der Waals surface area contributed by atoms with Gasteiger partial charge in [-0.05, 0) is 29.5 Å². The number of ether oxygens (including phenoxy) is 1. The monoisotopic (exact) mass is 480 g/mol. The first-order valence-electron chi connectivity index (χ1n) is 9.87. The van der Waals surface area contributed by atoms with Crippen LogP contribution in [0.15, 0.2) is 37.2 Å². The van der Waals surface area contributed by atoms with Crippen LogP contribution in [-0.4, -0.2) is 66.2 Å². The van der Waals surface area contributed by atoms with Gasteiger partial charge in [-0.2, -0.15) is 0 Å². The minimum absolute atomic E-state index is 0.126. The molecule has 5 heterocycles. The number of nitrogens with two attached hydrogens (primary N) is 1. The smallest absolute Gasteiger partial charge is 0.327 e. The molecule has 4 N–H and O–H groups in total. The number of imidazole rings is 1. The van der Waals surface area contributed by atoms with Gasteiger partial charge in [0.05, 0.1) is 25.6 Å². The summed E-state index contributed by atoms with van der Waals surface area (Å²) in [5, 5.41) is 21.1. The van der Waals surface area contributed by atoms with E-state index in [4.69, 9.17) is 35.8 Å². The molecule has 14 heteroatoms. The number of rotatable bonds is 5. The van der Waals surface area contributed by atoms with Crippen molar-refractivity contribution >= 4 is 35.5 Å². The molecule has 0 aromatic carbocycles. The van der Waals surface area contributed by atoms with Crippen LogP contribution in [0.25, 0.3) is 11.2 Å². The second-order valence-corrected chi connectivity index (χ2v) is 10.3. The van der Waals surface area contributed by atoms with Crippen molar-refractivity contribution in [1.82, 2.24) is 24.5 Å². The molecule has 1 unspecified atom stereocenters. The van der Waals surface area contributed by atoms with Crippen LogP contribution in [0.3, 0.4) is 0 Å². The van der Waals surface area contributed by atoms with E-state index in [-0.39, 0.29) is 18.5 Å². The van der Waals surface area contributed by atoms with Gasteiger partial charge in [0.1, 0.15) is 30.2 Å². The Labute approximate surface area is 187 Å². The number of fused-ring (bicyclic) bond motifs is 1. The molecule has 5 rings (SSSR count). The molecule has 2 saturated heterocycles. The van der Waals surface area contributed by atoms with E-state index < -0.39 is 31.3 Å². The highest BCUT2D eigenvalue weighted by atomic mass is 32.5. The van der Waals surface area contributed by atoms with Crippen LogP contribution in [-0.2, 0) is 30.1 Å². The fraction of sp³-hybridized carbons (Fsp3) is 0.444. The number of hydrogen-bond acceptors (Lipinski definition) is 12. The van der Waals surface area contributed by atoms with Gasteiger partial charge in [-0.15, -0.1) is 0 Å².